The van der Waals surface area contributed by atoms with E-state index in [1.165, 1.54) is 0 Å². The van der Waals surface area contributed by atoms with Crippen LogP contribution in [0.15, 0.2) is 18.2 Å². The molecule has 0 saturated carbocycles. The Morgan fingerprint density at radius 1 is 1.21 bits per heavy atom. The van der Waals surface area contributed by atoms with E-state index >= 15 is 0 Å². The van der Waals surface area contributed by atoms with Crippen molar-refractivity contribution in [1.29, 1.82) is 0 Å². The molecule has 2 atom stereocenters. The monoisotopic (exact) mass is 333 g/mol. The molecule has 1 aliphatic heterocycles. The summed E-state index contributed by atoms with van der Waals surface area (Å²) in [5.74, 6) is 0.513. The molecule has 0 aliphatic carbocycles. The molecule has 0 bridgehead atoms. The average Bonchev–Trinajstić information content (AvgIpc) is 2.47. The Kier molecular flexibility index (Phi) is 5.36. The van der Waals surface area contributed by atoms with Crippen molar-refractivity contribution in [3.05, 3.63) is 18.2 Å². The molecule has 0 radical (unpaired) electrons. The SMILES string of the molecule is CC(C)N(C(=O)[C@H](C)Nc1ccc2c(c1)NC(=O)[C@H](C)O2)C(C)C. The highest BCUT2D eigenvalue weighted by Gasteiger charge is 2.26. The number of rotatable bonds is 5. The van der Waals surface area contributed by atoms with Crippen LogP contribution in [0.4, 0.5) is 11.4 Å². The summed E-state index contributed by atoms with van der Waals surface area (Å²) in [5.41, 5.74) is 1.38. The van der Waals surface area contributed by atoms with Gasteiger partial charge in [-0.05, 0) is 59.7 Å². The average molecular weight is 333 g/mol. The summed E-state index contributed by atoms with van der Waals surface area (Å²) in [4.78, 5) is 26.3. The highest BCUT2D eigenvalue weighted by Crippen LogP contribution is 2.32. The molecule has 1 aromatic rings. The van der Waals surface area contributed by atoms with Crippen LogP contribution in [0.3, 0.4) is 0 Å². The quantitative estimate of drug-likeness (QED) is 0.869. The minimum absolute atomic E-state index is 0.0478. The minimum atomic E-state index is -0.498. The van der Waals surface area contributed by atoms with Crippen molar-refractivity contribution in [2.75, 3.05) is 10.6 Å². The number of benzene rings is 1. The van der Waals surface area contributed by atoms with Crippen molar-refractivity contribution < 1.29 is 14.3 Å². The Morgan fingerprint density at radius 2 is 1.83 bits per heavy atom. The first-order valence-electron chi connectivity index (χ1n) is 8.41. The lowest BCUT2D eigenvalue weighted by Gasteiger charge is -2.33. The minimum Gasteiger partial charge on any atom is -0.479 e. The Labute approximate surface area is 143 Å². The van der Waals surface area contributed by atoms with Crippen molar-refractivity contribution >= 4 is 23.2 Å². The third-order valence-corrected chi connectivity index (χ3v) is 4.03. The topological polar surface area (TPSA) is 70.7 Å². The Balaban J connectivity index is 2.12. The van der Waals surface area contributed by atoms with Gasteiger partial charge >= 0.3 is 0 Å². The maximum atomic E-state index is 12.7. The number of ether oxygens (including phenoxy) is 1. The van der Waals surface area contributed by atoms with Gasteiger partial charge in [-0.3, -0.25) is 9.59 Å². The van der Waals surface area contributed by atoms with Gasteiger partial charge in [-0.15, -0.1) is 0 Å². The van der Waals surface area contributed by atoms with Crippen molar-refractivity contribution in [3.8, 4) is 5.75 Å². The van der Waals surface area contributed by atoms with Crippen LogP contribution >= 0.6 is 0 Å². The molecule has 2 rings (SSSR count). The second-order valence-electron chi connectivity index (χ2n) is 6.76. The normalized spacial score (nSPS) is 17.8. The van der Waals surface area contributed by atoms with E-state index in [1.54, 1.807) is 19.1 Å². The van der Waals surface area contributed by atoms with Crippen LogP contribution in [-0.2, 0) is 9.59 Å². The van der Waals surface area contributed by atoms with Crippen LogP contribution in [0.25, 0.3) is 0 Å². The smallest absolute Gasteiger partial charge is 0.265 e. The Bertz CT molecular complexity index is 620. The van der Waals surface area contributed by atoms with Gasteiger partial charge in [0.2, 0.25) is 5.91 Å². The van der Waals surface area contributed by atoms with E-state index in [4.69, 9.17) is 4.74 Å². The molecular formula is C18H27N3O3. The number of nitrogens with one attached hydrogen (secondary N) is 2. The predicted octanol–water partition coefficient (Wildman–Crippen LogP) is 2.85. The van der Waals surface area contributed by atoms with Crippen LogP contribution in [0.2, 0.25) is 0 Å². The zero-order valence-electron chi connectivity index (χ0n) is 15.2. The molecule has 24 heavy (non-hydrogen) atoms. The number of anilines is 2. The van der Waals surface area contributed by atoms with Gasteiger partial charge in [-0.1, -0.05) is 0 Å². The second kappa shape index (κ2) is 7.11. The molecule has 0 saturated heterocycles. The van der Waals surface area contributed by atoms with E-state index in [-0.39, 0.29) is 29.9 Å². The molecule has 0 unspecified atom stereocenters. The molecule has 1 aliphatic rings. The fourth-order valence-electron chi connectivity index (χ4n) is 2.94. The zero-order chi connectivity index (χ0) is 18.0. The molecule has 6 heteroatoms. The Morgan fingerprint density at radius 3 is 2.42 bits per heavy atom. The van der Waals surface area contributed by atoms with Crippen LogP contribution in [0.1, 0.15) is 41.5 Å². The van der Waals surface area contributed by atoms with Gasteiger partial charge in [-0.25, -0.2) is 0 Å². The first kappa shape index (κ1) is 18.1. The van der Waals surface area contributed by atoms with Crippen molar-refractivity contribution in [3.63, 3.8) is 0 Å². The van der Waals surface area contributed by atoms with Gasteiger partial charge in [0.05, 0.1) is 5.69 Å². The van der Waals surface area contributed by atoms with Crippen LogP contribution in [-0.4, -0.2) is 40.9 Å². The number of hydrogen-bond acceptors (Lipinski definition) is 4. The fourth-order valence-corrected chi connectivity index (χ4v) is 2.94. The lowest BCUT2D eigenvalue weighted by Crippen LogP contribution is -2.48. The molecule has 1 heterocycles. The Hall–Kier alpha value is -2.24. The number of amides is 2. The predicted molar refractivity (Wildman–Crippen MR) is 95.4 cm³/mol. The highest BCUT2D eigenvalue weighted by atomic mass is 16.5. The summed E-state index contributed by atoms with van der Waals surface area (Å²) in [6.45, 7) is 11.6. The maximum absolute atomic E-state index is 12.7. The van der Waals surface area contributed by atoms with Crippen molar-refractivity contribution in [1.82, 2.24) is 4.90 Å². The number of fused-ring (bicyclic) bond motifs is 1. The number of nitrogens with zero attached hydrogens (tertiary/aromatic N) is 1. The summed E-state index contributed by atoms with van der Waals surface area (Å²) in [6, 6.07) is 5.35. The van der Waals surface area contributed by atoms with Gasteiger partial charge < -0.3 is 20.3 Å². The fraction of sp³-hybridized carbons (Fsp3) is 0.556. The molecule has 2 amide bonds. The van der Waals surface area contributed by atoms with Crippen LogP contribution in [0, 0.1) is 0 Å². The molecule has 6 nitrogen and oxygen atoms in total. The molecular weight excluding hydrogens is 306 g/mol. The van der Waals surface area contributed by atoms with E-state index in [0.29, 0.717) is 11.4 Å². The standard InChI is InChI=1S/C18H27N3O3/c1-10(2)21(11(3)4)18(23)12(5)19-14-7-8-16-15(9-14)20-17(22)13(6)24-16/h7-13,19H,1-6H3,(H,20,22)/t12-,13-/m0/s1. The molecule has 0 aromatic heterocycles. The van der Waals surface area contributed by atoms with E-state index < -0.39 is 6.10 Å². The summed E-state index contributed by atoms with van der Waals surface area (Å²) < 4.78 is 5.54. The van der Waals surface area contributed by atoms with E-state index in [9.17, 15) is 9.59 Å². The highest BCUT2D eigenvalue weighted by molar-refractivity contribution is 5.98. The molecule has 1 aromatic carbocycles. The molecule has 2 N–H and O–H groups in total. The van der Waals surface area contributed by atoms with E-state index in [1.807, 2.05) is 45.6 Å². The second-order valence-corrected chi connectivity index (χ2v) is 6.76. The first-order chi connectivity index (χ1) is 11.2. The number of carbonyl (C=O) groups excluding carboxylic acids is 2. The third kappa shape index (κ3) is 3.80. The van der Waals surface area contributed by atoms with Gasteiger partial charge in [0, 0.05) is 17.8 Å². The van der Waals surface area contributed by atoms with Gasteiger partial charge in [0.25, 0.3) is 5.91 Å². The van der Waals surface area contributed by atoms with Gasteiger partial charge in [-0.2, -0.15) is 0 Å². The molecule has 0 spiro atoms. The summed E-state index contributed by atoms with van der Waals surface area (Å²) >= 11 is 0. The third-order valence-electron chi connectivity index (χ3n) is 4.03. The van der Waals surface area contributed by atoms with Gasteiger partial charge in [0.1, 0.15) is 11.8 Å². The largest absolute Gasteiger partial charge is 0.479 e. The first-order valence-corrected chi connectivity index (χ1v) is 8.41. The van der Waals surface area contributed by atoms with E-state index in [0.717, 1.165) is 5.69 Å². The number of hydrogen-bond donors (Lipinski definition) is 2. The zero-order valence-corrected chi connectivity index (χ0v) is 15.2. The lowest BCUT2D eigenvalue weighted by molar-refractivity contribution is -0.135. The van der Waals surface area contributed by atoms with Crippen molar-refractivity contribution in [2.24, 2.45) is 0 Å². The number of carbonyl (C=O) groups is 2. The van der Waals surface area contributed by atoms with Crippen LogP contribution in [0.5, 0.6) is 5.75 Å². The maximum Gasteiger partial charge on any atom is 0.265 e. The lowest BCUT2D eigenvalue weighted by atomic mass is 10.1. The summed E-state index contributed by atoms with van der Waals surface area (Å²) in [7, 11) is 0. The summed E-state index contributed by atoms with van der Waals surface area (Å²) in [6.07, 6.45) is -0.498. The van der Waals surface area contributed by atoms with E-state index in [2.05, 4.69) is 10.6 Å². The summed E-state index contributed by atoms with van der Waals surface area (Å²) in [5, 5.41) is 6.02. The van der Waals surface area contributed by atoms with Gasteiger partial charge in [0.15, 0.2) is 6.10 Å². The van der Waals surface area contributed by atoms with Crippen LogP contribution < -0.4 is 15.4 Å². The van der Waals surface area contributed by atoms with Crippen molar-refractivity contribution in [2.45, 2.75) is 65.8 Å². The molecule has 132 valence electrons. The molecule has 0 fully saturated rings.